The fourth-order valence-electron chi connectivity index (χ4n) is 1.83. The molecule has 2 aromatic rings. The van der Waals surface area contributed by atoms with Crippen LogP contribution in [0.2, 0.25) is 0 Å². The van der Waals surface area contributed by atoms with Crippen LogP contribution in [0, 0.1) is 5.82 Å². The average Bonchev–Trinajstić information content (AvgIpc) is 2.41. The third-order valence-electron chi connectivity index (χ3n) is 2.82. The maximum Gasteiger partial charge on any atom is 0.418 e. The minimum absolute atomic E-state index is 0.0599. The lowest BCUT2D eigenvalue weighted by Gasteiger charge is -2.16. The van der Waals surface area contributed by atoms with Gasteiger partial charge in [0, 0.05) is 12.1 Å². The molecule has 0 radical (unpaired) electrons. The first-order valence-electron chi connectivity index (χ1n) is 5.89. The van der Waals surface area contributed by atoms with Gasteiger partial charge < -0.3 is 15.8 Å². The van der Waals surface area contributed by atoms with Crippen LogP contribution in [0.1, 0.15) is 5.56 Å². The van der Waals surface area contributed by atoms with Crippen molar-refractivity contribution in [3.8, 4) is 5.75 Å². The first kappa shape index (κ1) is 15.0. The molecule has 2 rings (SSSR count). The second-order valence-electron chi connectivity index (χ2n) is 4.24. The number of para-hydroxylation sites is 1. The molecule has 3 nitrogen and oxygen atoms in total. The third kappa shape index (κ3) is 3.18. The van der Waals surface area contributed by atoms with Crippen molar-refractivity contribution in [2.75, 3.05) is 18.2 Å². The molecular formula is C14H12F4N2O. The molecule has 112 valence electrons. The molecule has 0 atom stereocenters. The van der Waals surface area contributed by atoms with Gasteiger partial charge >= 0.3 is 6.18 Å². The maximum atomic E-state index is 13.8. The van der Waals surface area contributed by atoms with Gasteiger partial charge in [-0.2, -0.15) is 13.2 Å². The van der Waals surface area contributed by atoms with E-state index < -0.39 is 17.6 Å². The van der Waals surface area contributed by atoms with Gasteiger partial charge in [0.1, 0.15) is 11.6 Å². The fourth-order valence-corrected chi connectivity index (χ4v) is 1.83. The average molecular weight is 300 g/mol. The molecule has 21 heavy (non-hydrogen) atoms. The van der Waals surface area contributed by atoms with Crippen LogP contribution in [0.3, 0.4) is 0 Å². The molecule has 0 fully saturated rings. The maximum absolute atomic E-state index is 13.8. The number of benzene rings is 2. The standard InChI is InChI=1S/C14H12F4N2O/c1-21-13-7-12(9(15)6-10(13)19)20-11-5-3-2-4-8(11)14(16,17)18/h2-7,20H,19H2,1H3. The predicted octanol–water partition coefficient (Wildman–Crippen LogP) is 4.18. The number of alkyl halides is 3. The van der Waals surface area contributed by atoms with E-state index in [2.05, 4.69) is 5.32 Å². The van der Waals surface area contributed by atoms with Crippen LogP contribution in [0.25, 0.3) is 0 Å². The number of methoxy groups -OCH3 is 1. The van der Waals surface area contributed by atoms with Crippen molar-refractivity contribution in [3.63, 3.8) is 0 Å². The van der Waals surface area contributed by atoms with E-state index in [1.54, 1.807) is 0 Å². The summed E-state index contributed by atoms with van der Waals surface area (Å²) in [4.78, 5) is 0. The van der Waals surface area contributed by atoms with E-state index >= 15 is 0 Å². The number of anilines is 3. The number of rotatable bonds is 3. The molecule has 0 aliphatic heterocycles. The minimum atomic E-state index is -4.54. The Morgan fingerprint density at radius 3 is 2.38 bits per heavy atom. The molecule has 0 unspecified atom stereocenters. The largest absolute Gasteiger partial charge is 0.495 e. The highest BCUT2D eigenvalue weighted by molar-refractivity contribution is 5.69. The van der Waals surface area contributed by atoms with Gasteiger partial charge in [-0.25, -0.2) is 4.39 Å². The summed E-state index contributed by atoms with van der Waals surface area (Å²) < 4.78 is 57.4. The number of halogens is 4. The van der Waals surface area contributed by atoms with Gasteiger partial charge in [0.15, 0.2) is 0 Å². The van der Waals surface area contributed by atoms with Crippen LogP contribution in [0.4, 0.5) is 34.6 Å². The Hall–Kier alpha value is -2.44. The SMILES string of the molecule is COc1cc(Nc2ccccc2C(F)(F)F)c(F)cc1N. The van der Waals surface area contributed by atoms with Crippen molar-refractivity contribution in [1.29, 1.82) is 0 Å². The zero-order valence-corrected chi connectivity index (χ0v) is 11.0. The van der Waals surface area contributed by atoms with E-state index in [9.17, 15) is 17.6 Å². The minimum Gasteiger partial charge on any atom is -0.495 e. The van der Waals surface area contributed by atoms with E-state index in [0.717, 1.165) is 12.1 Å². The van der Waals surface area contributed by atoms with E-state index in [4.69, 9.17) is 10.5 Å². The Morgan fingerprint density at radius 1 is 1.10 bits per heavy atom. The normalized spacial score (nSPS) is 11.3. The summed E-state index contributed by atoms with van der Waals surface area (Å²) in [7, 11) is 1.33. The summed E-state index contributed by atoms with van der Waals surface area (Å²) >= 11 is 0. The summed E-state index contributed by atoms with van der Waals surface area (Å²) in [5, 5.41) is 2.42. The van der Waals surface area contributed by atoms with E-state index in [1.165, 1.54) is 31.4 Å². The molecule has 7 heteroatoms. The zero-order valence-electron chi connectivity index (χ0n) is 11.0. The second-order valence-corrected chi connectivity index (χ2v) is 4.24. The van der Waals surface area contributed by atoms with Gasteiger partial charge in [0.2, 0.25) is 0 Å². The van der Waals surface area contributed by atoms with Gasteiger partial charge in [-0.3, -0.25) is 0 Å². The van der Waals surface area contributed by atoms with Crippen LogP contribution >= 0.6 is 0 Å². The van der Waals surface area contributed by atoms with Crippen molar-refractivity contribution >= 4 is 17.1 Å². The molecule has 0 amide bonds. The summed E-state index contributed by atoms with van der Waals surface area (Å²) in [6, 6.07) is 6.99. The topological polar surface area (TPSA) is 47.3 Å². The lowest BCUT2D eigenvalue weighted by atomic mass is 10.1. The van der Waals surface area contributed by atoms with Crippen molar-refractivity contribution < 1.29 is 22.3 Å². The van der Waals surface area contributed by atoms with Crippen LogP contribution in [-0.4, -0.2) is 7.11 Å². The molecule has 0 aliphatic rings. The van der Waals surface area contributed by atoms with E-state index in [0.29, 0.717) is 0 Å². The number of ether oxygens (including phenoxy) is 1. The van der Waals surface area contributed by atoms with Crippen molar-refractivity contribution in [2.45, 2.75) is 6.18 Å². The van der Waals surface area contributed by atoms with Gasteiger partial charge in [-0.05, 0) is 12.1 Å². The lowest BCUT2D eigenvalue weighted by molar-refractivity contribution is -0.136. The summed E-state index contributed by atoms with van der Waals surface area (Å²) in [5.41, 5.74) is 4.28. The third-order valence-corrected chi connectivity index (χ3v) is 2.82. The molecule has 2 aromatic carbocycles. The first-order valence-corrected chi connectivity index (χ1v) is 5.89. The lowest BCUT2D eigenvalue weighted by Crippen LogP contribution is -2.09. The Kier molecular flexibility index (Phi) is 3.93. The molecular weight excluding hydrogens is 288 g/mol. The van der Waals surface area contributed by atoms with Gasteiger partial charge in [0.05, 0.1) is 29.7 Å². The van der Waals surface area contributed by atoms with E-state index in [1.807, 2.05) is 0 Å². The Labute approximate surface area is 118 Å². The highest BCUT2D eigenvalue weighted by Gasteiger charge is 2.33. The Bertz CT molecular complexity index is 656. The summed E-state index contributed by atoms with van der Waals surface area (Å²) in [6.07, 6.45) is -4.54. The van der Waals surface area contributed by atoms with E-state index in [-0.39, 0.29) is 22.8 Å². The van der Waals surface area contributed by atoms with Crippen LogP contribution in [0.15, 0.2) is 36.4 Å². The number of hydrogen-bond acceptors (Lipinski definition) is 3. The highest BCUT2D eigenvalue weighted by Crippen LogP contribution is 2.37. The van der Waals surface area contributed by atoms with Crippen LogP contribution < -0.4 is 15.8 Å². The van der Waals surface area contributed by atoms with Crippen LogP contribution in [0.5, 0.6) is 5.75 Å². The van der Waals surface area contributed by atoms with Crippen molar-refractivity contribution in [3.05, 3.63) is 47.8 Å². The van der Waals surface area contributed by atoms with Gasteiger partial charge in [0.25, 0.3) is 0 Å². The monoisotopic (exact) mass is 300 g/mol. The Morgan fingerprint density at radius 2 is 1.76 bits per heavy atom. The van der Waals surface area contributed by atoms with Crippen molar-refractivity contribution in [1.82, 2.24) is 0 Å². The summed E-state index contributed by atoms with van der Waals surface area (Å²) in [6.45, 7) is 0. The van der Waals surface area contributed by atoms with Gasteiger partial charge in [-0.1, -0.05) is 12.1 Å². The smallest absolute Gasteiger partial charge is 0.418 e. The number of nitrogen functional groups attached to an aromatic ring is 1. The van der Waals surface area contributed by atoms with Crippen molar-refractivity contribution in [2.24, 2.45) is 0 Å². The van der Waals surface area contributed by atoms with Gasteiger partial charge in [-0.15, -0.1) is 0 Å². The quantitative estimate of drug-likeness (QED) is 0.660. The highest BCUT2D eigenvalue weighted by atomic mass is 19.4. The number of nitrogens with one attached hydrogen (secondary N) is 1. The van der Waals surface area contributed by atoms with Crippen LogP contribution in [-0.2, 0) is 6.18 Å². The predicted molar refractivity (Wildman–Crippen MR) is 72.1 cm³/mol. The molecule has 0 saturated carbocycles. The Balaban J connectivity index is 2.44. The fraction of sp³-hybridized carbons (Fsp3) is 0.143. The first-order chi connectivity index (χ1) is 9.82. The molecule has 0 heterocycles. The molecule has 0 aliphatic carbocycles. The molecule has 0 saturated heterocycles. The number of nitrogens with two attached hydrogens (primary N) is 1. The number of hydrogen-bond donors (Lipinski definition) is 2. The molecule has 0 spiro atoms. The molecule has 0 aromatic heterocycles. The zero-order chi connectivity index (χ0) is 15.6. The second kappa shape index (κ2) is 5.51. The summed E-state index contributed by atoms with van der Waals surface area (Å²) in [5.74, 6) is -0.603. The molecule has 3 N–H and O–H groups in total. The molecule has 0 bridgehead atoms.